The Morgan fingerprint density at radius 2 is 1.59 bits per heavy atom. The van der Waals surface area contributed by atoms with Crippen molar-refractivity contribution in [3.05, 3.63) is 84.4 Å². The van der Waals surface area contributed by atoms with E-state index < -0.39 is 6.04 Å². The summed E-state index contributed by atoms with van der Waals surface area (Å²) in [4.78, 5) is 17.9. The molecule has 29 heavy (non-hydrogen) atoms. The smallest absolute Gasteiger partial charge is 0.331 e. The van der Waals surface area contributed by atoms with Gasteiger partial charge in [0.15, 0.2) is 6.04 Å². The van der Waals surface area contributed by atoms with Crippen molar-refractivity contribution in [2.45, 2.75) is 52.0 Å². The Labute approximate surface area is 175 Å². The molecule has 0 radical (unpaired) electrons. The molecule has 154 valence electrons. The number of carbonyl (C=O) groups excluding carboxylic acids is 1. The van der Waals surface area contributed by atoms with Crippen molar-refractivity contribution in [3.63, 3.8) is 0 Å². The molecule has 0 saturated heterocycles. The Bertz CT molecular complexity index is 726. The summed E-state index contributed by atoms with van der Waals surface area (Å²) in [6, 6.07) is 19.6. The number of benzene rings is 2. The Balaban J connectivity index is 2.42. The maximum absolute atomic E-state index is 12.9. The van der Waals surface area contributed by atoms with Crippen molar-refractivity contribution in [1.29, 1.82) is 0 Å². The highest BCUT2D eigenvalue weighted by atomic mass is 16.5. The van der Waals surface area contributed by atoms with E-state index in [1.54, 1.807) is 0 Å². The zero-order chi connectivity index (χ0) is 20.9. The molecule has 2 unspecified atom stereocenters. The minimum atomic E-state index is -0.501. The van der Waals surface area contributed by atoms with Gasteiger partial charge in [-0.25, -0.2) is 4.79 Å². The first kappa shape index (κ1) is 22.6. The lowest BCUT2D eigenvalue weighted by Gasteiger charge is -2.23. The van der Waals surface area contributed by atoms with Gasteiger partial charge in [-0.3, -0.25) is 4.99 Å². The van der Waals surface area contributed by atoms with Crippen LogP contribution in [0.25, 0.3) is 0 Å². The van der Waals surface area contributed by atoms with Crippen LogP contribution < -0.4 is 0 Å². The van der Waals surface area contributed by atoms with Crippen molar-refractivity contribution in [2.24, 2.45) is 10.9 Å². The molecule has 0 aliphatic carbocycles. The standard InChI is InChI=1S/C26H33NO2/c1-4-7-8-11-16-21(5-2)25(26(28)29-6-3)27-24(22-17-12-9-13-18-22)23-19-14-10-15-20-23/h4,9-10,12-15,17-21,25H,1,5-8,11,16H2,2-3H3. The fourth-order valence-electron chi connectivity index (χ4n) is 3.51. The van der Waals surface area contributed by atoms with Gasteiger partial charge < -0.3 is 4.74 Å². The molecule has 2 rings (SSSR count). The largest absolute Gasteiger partial charge is 0.464 e. The number of ether oxygens (including phenoxy) is 1. The molecule has 3 heteroatoms. The number of aliphatic imine (C=N–C) groups is 1. The van der Waals surface area contributed by atoms with Crippen LogP contribution in [0.4, 0.5) is 0 Å². The maximum Gasteiger partial charge on any atom is 0.331 e. The Kier molecular flexibility index (Phi) is 9.91. The van der Waals surface area contributed by atoms with E-state index >= 15 is 0 Å². The molecule has 0 aliphatic heterocycles. The fraction of sp³-hybridized carbons (Fsp3) is 0.385. The monoisotopic (exact) mass is 391 g/mol. The van der Waals surface area contributed by atoms with Crippen molar-refractivity contribution in [1.82, 2.24) is 0 Å². The molecule has 0 saturated carbocycles. The van der Waals surface area contributed by atoms with Crippen molar-refractivity contribution < 1.29 is 9.53 Å². The summed E-state index contributed by atoms with van der Waals surface area (Å²) in [6.45, 7) is 8.14. The summed E-state index contributed by atoms with van der Waals surface area (Å²) in [5, 5.41) is 0. The number of hydrogen-bond acceptors (Lipinski definition) is 3. The summed E-state index contributed by atoms with van der Waals surface area (Å²) in [6.07, 6.45) is 6.94. The Morgan fingerprint density at radius 1 is 1.00 bits per heavy atom. The number of allylic oxidation sites excluding steroid dienone is 1. The molecule has 0 bridgehead atoms. The van der Waals surface area contributed by atoms with E-state index in [0.717, 1.165) is 48.9 Å². The average molecular weight is 392 g/mol. The molecule has 0 fully saturated rings. The van der Waals surface area contributed by atoms with Gasteiger partial charge in [0.05, 0.1) is 12.3 Å². The molecular formula is C26H33NO2. The topological polar surface area (TPSA) is 38.7 Å². The predicted molar refractivity (Wildman–Crippen MR) is 121 cm³/mol. The third-order valence-corrected chi connectivity index (χ3v) is 5.09. The van der Waals surface area contributed by atoms with Gasteiger partial charge in [0.1, 0.15) is 0 Å². The predicted octanol–water partition coefficient (Wildman–Crippen LogP) is 6.23. The minimum Gasteiger partial charge on any atom is -0.464 e. The number of hydrogen-bond donors (Lipinski definition) is 0. The van der Waals surface area contributed by atoms with Gasteiger partial charge in [0.2, 0.25) is 0 Å². The lowest BCUT2D eigenvalue weighted by molar-refractivity contribution is -0.146. The average Bonchev–Trinajstić information content (AvgIpc) is 2.77. The molecule has 2 aromatic carbocycles. The van der Waals surface area contributed by atoms with Crippen molar-refractivity contribution >= 4 is 11.7 Å². The Hall–Kier alpha value is -2.68. The van der Waals surface area contributed by atoms with Crippen LogP contribution in [0.2, 0.25) is 0 Å². The molecule has 3 nitrogen and oxygen atoms in total. The molecule has 0 spiro atoms. The van der Waals surface area contributed by atoms with Gasteiger partial charge in [0, 0.05) is 11.1 Å². The van der Waals surface area contributed by atoms with E-state index in [9.17, 15) is 4.79 Å². The molecule has 0 aromatic heterocycles. The number of rotatable bonds is 12. The van der Waals surface area contributed by atoms with E-state index in [4.69, 9.17) is 9.73 Å². The highest BCUT2D eigenvalue weighted by Crippen LogP contribution is 2.24. The van der Waals surface area contributed by atoms with Crippen LogP contribution in [0.5, 0.6) is 0 Å². The zero-order valence-corrected chi connectivity index (χ0v) is 17.7. The molecular weight excluding hydrogens is 358 g/mol. The van der Waals surface area contributed by atoms with Gasteiger partial charge in [-0.2, -0.15) is 0 Å². The second kappa shape index (κ2) is 12.7. The lowest BCUT2D eigenvalue weighted by Crippen LogP contribution is -2.31. The Morgan fingerprint density at radius 3 is 2.07 bits per heavy atom. The van der Waals surface area contributed by atoms with Gasteiger partial charge >= 0.3 is 5.97 Å². The van der Waals surface area contributed by atoms with Gasteiger partial charge in [-0.15, -0.1) is 6.58 Å². The third-order valence-electron chi connectivity index (χ3n) is 5.09. The van der Waals surface area contributed by atoms with Crippen molar-refractivity contribution in [2.75, 3.05) is 6.61 Å². The zero-order valence-electron chi connectivity index (χ0n) is 17.7. The normalized spacial score (nSPS) is 12.6. The summed E-state index contributed by atoms with van der Waals surface area (Å²) >= 11 is 0. The van der Waals surface area contributed by atoms with E-state index in [-0.39, 0.29) is 11.9 Å². The van der Waals surface area contributed by atoms with E-state index in [0.29, 0.717) is 6.61 Å². The molecule has 0 heterocycles. The van der Waals surface area contributed by atoms with Gasteiger partial charge in [-0.1, -0.05) is 86.5 Å². The molecule has 2 aromatic rings. The first-order valence-corrected chi connectivity index (χ1v) is 10.7. The summed E-state index contributed by atoms with van der Waals surface area (Å²) in [7, 11) is 0. The molecule has 2 atom stereocenters. The second-order valence-corrected chi connectivity index (χ2v) is 7.15. The lowest BCUT2D eigenvalue weighted by atomic mass is 9.90. The number of carbonyl (C=O) groups is 1. The summed E-state index contributed by atoms with van der Waals surface area (Å²) in [5.74, 6) is -0.0753. The SMILES string of the molecule is C=CCCCCC(CC)C(N=C(c1ccccc1)c1ccccc1)C(=O)OCC. The van der Waals surface area contributed by atoms with Gasteiger partial charge in [-0.05, 0) is 32.1 Å². The van der Waals surface area contributed by atoms with Crippen LogP contribution in [-0.4, -0.2) is 24.3 Å². The highest BCUT2D eigenvalue weighted by molar-refractivity contribution is 6.13. The molecule has 0 N–H and O–H groups in total. The number of esters is 1. The van der Waals surface area contributed by atoms with Crippen LogP contribution in [0.15, 0.2) is 78.3 Å². The third kappa shape index (κ3) is 7.01. The first-order valence-electron chi connectivity index (χ1n) is 10.7. The van der Waals surface area contributed by atoms with E-state index in [1.807, 2.05) is 73.7 Å². The van der Waals surface area contributed by atoms with Crippen LogP contribution in [0, 0.1) is 5.92 Å². The summed E-state index contributed by atoms with van der Waals surface area (Å²) < 4.78 is 5.42. The van der Waals surface area contributed by atoms with Crippen molar-refractivity contribution in [3.8, 4) is 0 Å². The minimum absolute atomic E-state index is 0.154. The van der Waals surface area contributed by atoms with Crippen LogP contribution in [-0.2, 0) is 9.53 Å². The quantitative estimate of drug-likeness (QED) is 0.186. The number of unbranched alkanes of at least 4 members (excludes halogenated alkanes) is 2. The molecule has 0 amide bonds. The van der Waals surface area contributed by atoms with Crippen LogP contribution in [0.3, 0.4) is 0 Å². The van der Waals surface area contributed by atoms with E-state index in [1.165, 1.54) is 0 Å². The number of nitrogens with zero attached hydrogens (tertiary/aromatic N) is 1. The van der Waals surface area contributed by atoms with Crippen LogP contribution in [0.1, 0.15) is 57.1 Å². The first-order chi connectivity index (χ1) is 14.2. The molecule has 0 aliphatic rings. The second-order valence-electron chi connectivity index (χ2n) is 7.15. The fourth-order valence-corrected chi connectivity index (χ4v) is 3.51. The summed E-state index contributed by atoms with van der Waals surface area (Å²) in [5.41, 5.74) is 2.86. The van der Waals surface area contributed by atoms with Gasteiger partial charge in [0.25, 0.3) is 0 Å². The van der Waals surface area contributed by atoms with Crippen LogP contribution >= 0.6 is 0 Å². The highest BCUT2D eigenvalue weighted by Gasteiger charge is 2.28. The maximum atomic E-state index is 12.9. The van der Waals surface area contributed by atoms with E-state index in [2.05, 4.69) is 13.5 Å².